The Balaban J connectivity index is 1.40. The fourth-order valence-electron chi connectivity index (χ4n) is 3.48. The Bertz CT molecular complexity index is 723. The Kier molecular flexibility index (Phi) is 6.32. The van der Waals surface area contributed by atoms with Crippen LogP contribution in [0.5, 0.6) is 0 Å². The predicted molar refractivity (Wildman–Crippen MR) is 103 cm³/mol. The van der Waals surface area contributed by atoms with Crippen LogP contribution in [0.25, 0.3) is 0 Å². The summed E-state index contributed by atoms with van der Waals surface area (Å²) < 4.78 is 24.0. The molecule has 0 spiro atoms. The molecule has 0 radical (unpaired) electrons. The Morgan fingerprint density at radius 2 is 1.37 bits per heavy atom. The van der Waals surface area contributed by atoms with Crippen molar-refractivity contribution in [1.29, 1.82) is 0 Å². The third-order valence-corrected chi connectivity index (χ3v) is 4.90. The second-order valence-electron chi connectivity index (χ2n) is 6.95. The lowest BCUT2D eigenvalue weighted by Crippen LogP contribution is -2.31. The van der Waals surface area contributed by atoms with E-state index in [1.54, 1.807) is 0 Å². The fourth-order valence-corrected chi connectivity index (χ4v) is 3.48. The molecule has 0 aromatic heterocycles. The molecule has 4 heteroatoms. The molecule has 2 atom stereocenters. The summed E-state index contributed by atoms with van der Waals surface area (Å²) in [6, 6.07) is 20.5. The molecule has 2 aromatic carbocycles. The van der Waals surface area contributed by atoms with Gasteiger partial charge in [-0.1, -0.05) is 60.7 Å². The van der Waals surface area contributed by atoms with Gasteiger partial charge >= 0.3 is 0 Å². The van der Waals surface area contributed by atoms with Crippen LogP contribution in [0.1, 0.15) is 24.0 Å². The summed E-state index contributed by atoms with van der Waals surface area (Å²) in [5.41, 5.74) is 3.39. The molecule has 0 amide bonds. The van der Waals surface area contributed by atoms with E-state index in [0.717, 1.165) is 37.2 Å². The molecule has 0 unspecified atom stereocenters. The highest BCUT2D eigenvalue weighted by Crippen LogP contribution is 2.31. The SMILES string of the molecule is C1=C(C2OCCCO2)[C@@H](OCc2ccccc2)C[C@H]1OCc1ccccc1. The molecular formula is C23H26O4. The maximum absolute atomic E-state index is 6.23. The van der Waals surface area contributed by atoms with Crippen LogP contribution in [0.4, 0.5) is 0 Å². The molecule has 1 aliphatic heterocycles. The van der Waals surface area contributed by atoms with Crippen molar-refractivity contribution >= 4 is 0 Å². The zero-order valence-electron chi connectivity index (χ0n) is 15.5. The molecule has 2 aromatic rings. The molecule has 0 saturated carbocycles. The van der Waals surface area contributed by atoms with E-state index in [9.17, 15) is 0 Å². The van der Waals surface area contributed by atoms with Crippen LogP contribution in [-0.2, 0) is 32.2 Å². The van der Waals surface area contributed by atoms with Crippen molar-refractivity contribution in [3.05, 3.63) is 83.4 Å². The Morgan fingerprint density at radius 3 is 2.00 bits per heavy atom. The van der Waals surface area contributed by atoms with E-state index in [4.69, 9.17) is 18.9 Å². The van der Waals surface area contributed by atoms with Crippen LogP contribution in [0.2, 0.25) is 0 Å². The highest BCUT2D eigenvalue weighted by Gasteiger charge is 2.34. The Hall–Kier alpha value is -1.98. The summed E-state index contributed by atoms with van der Waals surface area (Å²) in [6.07, 6.45) is 3.51. The minimum atomic E-state index is -0.315. The van der Waals surface area contributed by atoms with E-state index in [1.165, 1.54) is 5.56 Å². The smallest absolute Gasteiger partial charge is 0.182 e. The van der Waals surface area contributed by atoms with Gasteiger partial charge in [0.25, 0.3) is 0 Å². The molecule has 2 aliphatic rings. The van der Waals surface area contributed by atoms with Crippen molar-refractivity contribution in [2.75, 3.05) is 13.2 Å². The van der Waals surface area contributed by atoms with Gasteiger partial charge in [-0.2, -0.15) is 0 Å². The van der Waals surface area contributed by atoms with Gasteiger partial charge in [0.2, 0.25) is 0 Å². The standard InChI is InChI=1S/C23H26O4/c1-3-8-18(9-4-1)16-26-20-14-21(23-24-12-7-13-25-23)22(15-20)27-17-19-10-5-2-6-11-19/h1-6,8-11,14,20,22-23H,7,12-13,15-17H2/t20-,22-/m0/s1. The average molecular weight is 366 g/mol. The summed E-state index contributed by atoms with van der Waals surface area (Å²) in [4.78, 5) is 0. The topological polar surface area (TPSA) is 36.9 Å². The molecular weight excluding hydrogens is 340 g/mol. The number of rotatable bonds is 7. The maximum Gasteiger partial charge on any atom is 0.182 e. The first-order chi connectivity index (χ1) is 13.4. The van der Waals surface area contributed by atoms with Crippen LogP contribution in [-0.4, -0.2) is 31.7 Å². The lowest BCUT2D eigenvalue weighted by atomic mass is 10.1. The molecule has 1 aliphatic carbocycles. The van der Waals surface area contributed by atoms with Crippen molar-refractivity contribution in [3.63, 3.8) is 0 Å². The van der Waals surface area contributed by atoms with E-state index < -0.39 is 0 Å². The van der Waals surface area contributed by atoms with Gasteiger partial charge in [-0.05, 0) is 23.6 Å². The lowest BCUT2D eigenvalue weighted by Gasteiger charge is -2.27. The first-order valence-corrected chi connectivity index (χ1v) is 9.64. The van der Waals surface area contributed by atoms with Crippen LogP contribution in [0.15, 0.2) is 72.3 Å². The molecule has 27 heavy (non-hydrogen) atoms. The van der Waals surface area contributed by atoms with Crippen molar-refractivity contribution in [3.8, 4) is 0 Å². The average Bonchev–Trinajstić information content (AvgIpc) is 3.16. The van der Waals surface area contributed by atoms with Gasteiger partial charge in [-0.3, -0.25) is 0 Å². The van der Waals surface area contributed by atoms with Crippen LogP contribution < -0.4 is 0 Å². The highest BCUT2D eigenvalue weighted by atomic mass is 16.7. The van der Waals surface area contributed by atoms with Gasteiger partial charge in [0.05, 0.1) is 38.6 Å². The van der Waals surface area contributed by atoms with Crippen molar-refractivity contribution in [1.82, 2.24) is 0 Å². The summed E-state index contributed by atoms with van der Waals surface area (Å²) in [5.74, 6) is 0. The van der Waals surface area contributed by atoms with Crippen molar-refractivity contribution < 1.29 is 18.9 Å². The third-order valence-electron chi connectivity index (χ3n) is 4.90. The number of benzene rings is 2. The summed E-state index contributed by atoms with van der Waals surface area (Å²) in [5, 5.41) is 0. The van der Waals surface area contributed by atoms with E-state index in [2.05, 4.69) is 30.3 Å². The quantitative estimate of drug-likeness (QED) is 0.687. The summed E-state index contributed by atoms with van der Waals surface area (Å²) in [6.45, 7) is 2.61. The monoisotopic (exact) mass is 366 g/mol. The molecule has 4 rings (SSSR count). The largest absolute Gasteiger partial charge is 0.369 e. The Labute approximate surface area is 160 Å². The maximum atomic E-state index is 6.23. The summed E-state index contributed by atoms with van der Waals surface area (Å²) >= 11 is 0. The van der Waals surface area contributed by atoms with Crippen LogP contribution in [0.3, 0.4) is 0 Å². The van der Waals surface area contributed by atoms with Gasteiger partial charge in [0.1, 0.15) is 0 Å². The zero-order valence-corrected chi connectivity index (χ0v) is 15.5. The minimum absolute atomic E-state index is 0.00936. The van der Waals surface area contributed by atoms with Crippen molar-refractivity contribution in [2.24, 2.45) is 0 Å². The molecule has 142 valence electrons. The molecule has 0 N–H and O–H groups in total. The molecule has 1 fully saturated rings. The fraction of sp³-hybridized carbons (Fsp3) is 0.391. The molecule has 1 saturated heterocycles. The van der Waals surface area contributed by atoms with Gasteiger partial charge in [-0.15, -0.1) is 0 Å². The van der Waals surface area contributed by atoms with E-state index in [1.807, 2.05) is 36.4 Å². The second-order valence-corrected chi connectivity index (χ2v) is 6.95. The number of ether oxygens (including phenoxy) is 4. The minimum Gasteiger partial charge on any atom is -0.369 e. The van der Waals surface area contributed by atoms with Crippen LogP contribution in [0, 0.1) is 0 Å². The molecule has 4 nitrogen and oxygen atoms in total. The van der Waals surface area contributed by atoms with Crippen LogP contribution >= 0.6 is 0 Å². The van der Waals surface area contributed by atoms with E-state index in [0.29, 0.717) is 13.2 Å². The first-order valence-electron chi connectivity index (χ1n) is 9.64. The third kappa shape index (κ3) is 5.05. The van der Waals surface area contributed by atoms with Gasteiger partial charge < -0.3 is 18.9 Å². The highest BCUT2D eigenvalue weighted by molar-refractivity contribution is 5.23. The first kappa shape index (κ1) is 18.4. The van der Waals surface area contributed by atoms with E-state index in [-0.39, 0.29) is 18.5 Å². The van der Waals surface area contributed by atoms with Gasteiger partial charge in [-0.25, -0.2) is 0 Å². The zero-order chi connectivity index (χ0) is 18.3. The van der Waals surface area contributed by atoms with Gasteiger partial charge in [0, 0.05) is 12.0 Å². The lowest BCUT2D eigenvalue weighted by molar-refractivity contribution is -0.164. The second kappa shape index (κ2) is 9.29. The summed E-state index contributed by atoms with van der Waals surface area (Å²) in [7, 11) is 0. The molecule has 1 heterocycles. The number of hydrogen-bond acceptors (Lipinski definition) is 4. The normalized spacial score (nSPS) is 23.3. The number of hydrogen-bond donors (Lipinski definition) is 0. The Morgan fingerprint density at radius 1 is 0.778 bits per heavy atom. The van der Waals surface area contributed by atoms with Gasteiger partial charge in [0.15, 0.2) is 6.29 Å². The predicted octanol–water partition coefficient (Wildman–Crippen LogP) is 4.25. The molecule has 0 bridgehead atoms. The van der Waals surface area contributed by atoms with Crippen molar-refractivity contribution in [2.45, 2.75) is 44.6 Å². The van der Waals surface area contributed by atoms with E-state index >= 15 is 0 Å².